The Kier molecular flexibility index (Phi) is 9.00. The molecule has 184 valence electrons. The number of rotatable bonds is 8. The number of esters is 3. The SMILES string of the molecule is C=CC(=O)OCOC(=O)Oc1ccc(C(=O)Oc2ccc(OC(=O)C3CCC(C)CC3)cc2)cc1. The fourth-order valence-electron chi connectivity index (χ4n) is 3.42. The van der Waals surface area contributed by atoms with Crippen molar-refractivity contribution in [2.24, 2.45) is 11.8 Å². The number of carbonyl (C=O) groups is 4. The zero-order chi connectivity index (χ0) is 25.2. The molecule has 0 radical (unpaired) electrons. The lowest BCUT2D eigenvalue weighted by Gasteiger charge is -2.24. The molecule has 3 rings (SSSR count). The monoisotopic (exact) mass is 482 g/mol. The molecule has 0 aliphatic heterocycles. The molecule has 0 unspecified atom stereocenters. The van der Waals surface area contributed by atoms with E-state index in [4.69, 9.17) is 14.2 Å². The number of hydrogen-bond acceptors (Lipinski definition) is 9. The van der Waals surface area contributed by atoms with E-state index in [0.29, 0.717) is 11.7 Å². The topological polar surface area (TPSA) is 114 Å². The summed E-state index contributed by atoms with van der Waals surface area (Å²) in [6.07, 6.45) is 3.57. The van der Waals surface area contributed by atoms with Gasteiger partial charge in [0.2, 0.25) is 6.79 Å². The normalized spacial score (nSPS) is 16.9. The Labute approximate surface area is 202 Å². The Hall–Kier alpha value is -4.14. The van der Waals surface area contributed by atoms with Crippen LogP contribution in [0.1, 0.15) is 43.0 Å². The van der Waals surface area contributed by atoms with Gasteiger partial charge in [0.25, 0.3) is 0 Å². The van der Waals surface area contributed by atoms with Crippen molar-refractivity contribution < 1.29 is 42.9 Å². The lowest BCUT2D eigenvalue weighted by atomic mass is 9.83. The lowest BCUT2D eigenvalue weighted by molar-refractivity contribution is -0.146. The van der Waals surface area contributed by atoms with Gasteiger partial charge in [0.1, 0.15) is 17.2 Å². The highest BCUT2D eigenvalue weighted by Gasteiger charge is 2.26. The molecule has 35 heavy (non-hydrogen) atoms. The van der Waals surface area contributed by atoms with Gasteiger partial charge in [-0.2, -0.15) is 0 Å². The summed E-state index contributed by atoms with van der Waals surface area (Å²) in [5.74, 6) is -0.255. The number of ether oxygens (including phenoxy) is 5. The van der Waals surface area contributed by atoms with E-state index in [0.717, 1.165) is 31.8 Å². The van der Waals surface area contributed by atoms with Crippen LogP contribution in [-0.4, -0.2) is 30.9 Å². The van der Waals surface area contributed by atoms with Crippen molar-refractivity contribution in [2.45, 2.75) is 32.6 Å². The molecule has 1 aliphatic rings. The fraction of sp³-hybridized carbons (Fsp3) is 0.308. The van der Waals surface area contributed by atoms with Crippen LogP contribution in [0.5, 0.6) is 17.2 Å². The predicted molar refractivity (Wildman–Crippen MR) is 123 cm³/mol. The van der Waals surface area contributed by atoms with Crippen molar-refractivity contribution in [3.05, 3.63) is 66.7 Å². The molecule has 1 aliphatic carbocycles. The third-order valence-electron chi connectivity index (χ3n) is 5.44. The van der Waals surface area contributed by atoms with Crippen molar-refractivity contribution >= 4 is 24.1 Å². The average molecular weight is 482 g/mol. The van der Waals surface area contributed by atoms with Crippen molar-refractivity contribution in [3.63, 3.8) is 0 Å². The van der Waals surface area contributed by atoms with E-state index >= 15 is 0 Å². The van der Waals surface area contributed by atoms with Crippen molar-refractivity contribution in [1.29, 1.82) is 0 Å². The smallest absolute Gasteiger partial charge is 0.426 e. The second kappa shape index (κ2) is 12.4. The maximum Gasteiger partial charge on any atom is 0.516 e. The third-order valence-corrected chi connectivity index (χ3v) is 5.44. The molecule has 9 heteroatoms. The fourth-order valence-corrected chi connectivity index (χ4v) is 3.42. The second-order valence-electron chi connectivity index (χ2n) is 8.04. The summed E-state index contributed by atoms with van der Waals surface area (Å²) in [6.45, 7) is 4.77. The molecule has 0 bridgehead atoms. The molecule has 0 atom stereocenters. The Balaban J connectivity index is 1.46. The van der Waals surface area contributed by atoms with Gasteiger partial charge >= 0.3 is 24.1 Å². The lowest BCUT2D eigenvalue weighted by Crippen LogP contribution is -2.24. The minimum atomic E-state index is -1.09. The van der Waals surface area contributed by atoms with Crippen LogP contribution >= 0.6 is 0 Å². The van der Waals surface area contributed by atoms with Gasteiger partial charge in [-0.25, -0.2) is 14.4 Å². The molecule has 2 aromatic carbocycles. The maximum atomic E-state index is 12.4. The van der Waals surface area contributed by atoms with Crippen LogP contribution in [0.4, 0.5) is 4.79 Å². The zero-order valence-corrected chi connectivity index (χ0v) is 19.3. The molecule has 1 saturated carbocycles. The molecule has 0 spiro atoms. The highest BCUT2D eigenvalue weighted by atomic mass is 16.8. The standard InChI is InChI=1S/C26H26O9/c1-3-23(27)31-16-32-26(30)35-22-10-8-19(9-11-22)25(29)34-21-14-12-20(13-15-21)33-24(28)18-6-4-17(2)5-7-18/h3,8-15,17-18H,1,4-7,16H2,2H3. The molecule has 1 fully saturated rings. The van der Waals surface area contributed by atoms with E-state index < -0.39 is 24.9 Å². The molecule has 2 aromatic rings. The van der Waals surface area contributed by atoms with E-state index in [9.17, 15) is 19.2 Å². The van der Waals surface area contributed by atoms with Crippen LogP contribution in [-0.2, 0) is 19.1 Å². The molecule has 0 N–H and O–H groups in total. The van der Waals surface area contributed by atoms with E-state index in [1.807, 2.05) is 0 Å². The first-order chi connectivity index (χ1) is 16.8. The van der Waals surface area contributed by atoms with Gasteiger partial charge in [0.15, 0.2) is 0 Å². The van der Waals surface area contributed by atoms with Gasteiger partial charge in [0, 0.05) is 6.08 Å². The summed E-state index contributed by atoms with van der Waals surface area (Å²) in [7, 11) is 0. The maximum absolute atomic E-state index is 12.4. The van der Waals surface area contributed by atoms with E-state index in [1.165, 1.54) is 36.4 Å². The molecule has 0 amide bonds. The number of carbonyl (C=O) groups excluding carboxylic acids is 4. The van der Waals surface area contributed by atoms with Gasteiger partial charge in [-0.05, 0) is 80.1 Å². The van der Waals surface area contributed by atoms with Crippen molar-refractivity contribution in [2.75, 3.05) is 6.79 Å². The minimum absolute atomic E-state index is 0.0766. The van der Waals surface area contributed by atoms with Gasteiger partial charge in [-0.15, -0.1) is 0 Å². The van der Waals surface area contributed by atoms with Gasteiger partial charge in [-0.1, -0.05) is 13.5 Å². The predicted octanol–water partition coefficient (Wildman–Crippen LogP) is 4.84. The van der Waals surface area contributed by atoms with Crippen molar-refractivity contribution in [3.8, 4) is 17.2 Å². The zero-order valence-electron chi connectivity index (χ0n) is 19.3. The van der Waals surface area contributed by atoms with Crippen LogP contribution in [0.3, 0.4) is 0 Å². The summed E-state index contributed by atoms with van der Waals surface area (Å²) in [5, 5.41) is 0. The van der Waals surface area contributed by atoms with E-state index in [-0.39, 0.29) is 28.9 Å². The summed E-state index contributed by atoms with van der Waals surface area (Å²) in [5.41, 5.74) is 0.215. The summed E-state index contributed by atoms with van der Waals surface area (Å²) < 4.78 is 24.8. The quantitative estimate of drug-likeness (QED) is 0.171. The van der Waals surface area contributed by atoms with Crippen LogP contribution in [0.15, 0.2) is 61.2 Å². The molecule has 0 heterocycles. The largest absolute Gasteiger partial charge is 0.516 e. The Morgan fingerprint density at radius 1 is 0.800 bits per heavy atom. The van der Waals surface area contributed by atoms with Crippen LogP contribution in [0.25, 0.3) is 0 Å². The molecule has 0 aromatic heterocycles. The van der Waals surface area contributed by atoms with Gasteiger partial charge < -0.3 is 23.7 Å². The van der Waals surface area contributed by atoms with Gasteiger partial charge in [-0.3, -0.25) is 4.79 Å². The number of benzene rings is 2. The molecule has 9 nitrogen and oxygen atoms in total. The van der Waals surface area contributed by atoms with E-state index in [1.54, 1.807) is 12.1 Å². The summed E-state index contributed by atoms with van der Waals surface area (Å²) >= 11 is 0. The minimum Gasteiger partial charge on any atom is -0.426 e. The Morgan fingerprint density at radius 2 is 1.34 bits per heavy atom. The summed E-state index contributed by atoms with van der Waals surface area (Å²) in [4.78, 5) is 47.1. The van der Waals surface area contributed by atoms with Crippen LogP contribution in [0.2, 0.25) is 0 Å². The molecular formula is C26H26O9. The third kappa shape index (κ3) is 7.99. The molecule has 0 saturated heterocycles. The first kappa shape index (κ1) is 25.5. The first-order valence-electron chi connectivity index (χ1n) is 11.1. The summed E-state index contributed by atoms with van der Waals surface area (Å²) in [6, 6.07) is 11.8. The van der Waals surface area contributed by atoms with Gasteiger partial charge in [0.05, 0.1) is 11.5 Å². The van der Waals surface area contributed by atoms with Crippen molar-refractivity contribution in [1.82, 2.24) is 0 Å². The Bertz CT molecular complexity index is 1050. The van der Waals surface area contributed by atoms with Crippen LogP contribution < -0.4 is 14.2 Å². The Morgan fingerprint density at radius 3 is 1.94 bits per heavy atom. The average Bonchev–Trinajstić information content (AvgIpc) is 2.85. The highest BCUT2D eigenvalue weighted by molar-refractivity contribution is 5.91. The van der Waals surface area contributed by atoms with E-state index in [2.05, 4.69) is 23.0 Å². The molecular weight excluding hydrogens is 456 g/mol. The van der Waals surface area contributed by atoms with Crippen LogP contribution in [0, 0.1) is 11.8 Å². The highest BCUT2D eigenvalue weighted by Crippen LogP contribution is 2.30. The first-order valence-corrected chi connectivity index (χ1v) is 11.1. The number of hydrogen-bond donors (Lipinski definition) is 0. The second-order valence-corrected chi connectivity index (χ2v) is 8.04.